The number of hydrogen-bond donors (Lipinski definition) is 3. The SMILES string of the molecule is CCC(C)(C)C(N=C(N)OC)C(=O)N1CCCC1c1nc2ccc(CN(Cc3ccc(NC(=O)C4CCCN4C(=O)OCC4c5ccccc5-c5ccccc54)cc3)c3ccc(F)cc3)cc2[nH]1. The van der Waals surface area contributed by atoms with Crippen molar-refractivity contribution in [3.63, 3.8) is 0 Å². The van der Waals surface area contributed by atoms with Gasteiger partial charge in [-0.25, -0.2) is 19.2 Å². The van der Waals surface area contributed by atoms with Crippen LogP contribution in [0.15, 0.2) is 120 Å². The van der Waals surface area contributed by atoms with E-state index in [2.05, 4.69) is 50.5 Å². The number of aliphatic imine (C=N–C) groups is 1. The zero-order chi connectivity index (χ0) is 47.5. The van der Waals surface area contributed by atoms with Gasteiger partial charge in [0.25, 0.3) is 6.02 Å². The summed E-state index contributed by atoms with van der Waals surface area (Å²) in [6, 6.07) is 35.0. The maximum absolute atomic E-state index is 14.2. The molecule has 68 heavy (non-hydrogen) atoms. The van der Waals surface area contributed by atoms with Gasteiger partial charge in [0.15, 0.2) is 0 Å². The van der Waals surface area contributed by atoms with Gasteiger partial charge >= 0.3 is 6.09 Å². The number of likely N-dealkylation sites (tertiary alicyclic amines) is 2. The molecule has 4 N–H and O–H groups in total. The van der Waals surface area contributed by atoms with E-state index in [1.807, 2.05) is 86.3 Å². The first-order valence-corrected chi connectivity index (χ1v) is 23.6. The Morgan fingerprint density at radius 3 is 2.22 bits per heavy atom. The number of hydrogen-bond acceptors (Lipinski definition) is 8. The van der Waals surface area contributed by atoms with Crippen molar-refractivity contribution in [3.8, 4) is 11.1 Å². The zero-order valence-corrected chi connectivity index (χ0v) is 39.1. The summed E-state index contributed by atoms with van der Waals surface area (Å²) in [7, 11) is 1.45. The van der Waals surface area contributed by atoms with E-state index < -0.39 is 23.6 Å². The molecule has 1 aromatic heterocycles. The maximum atomic E-state index is 14.2. The van der Waals surface area contributed by atoms with Crippen molar-refractivity contribution in [2.45, 2.75) is 90.0 Å². The highest BCUT2D eigenvalue weighted by atomic mass is 19.1. The van der Waals surface area contributed by atoms with E-state index in [1.54, 1.807) is 17.0 Å². The third-order valence-corrected chi connectivity index (χ3v) is 14.1. The predicted octanol–water partition coefficient (Wildman–Crippen LogP) is 9.69. The summed E-state index contributed by atoms with van der Waals surface area (Å²) in [5, 5.41) is 3.03. The fourth-order valence-electron chi connectivity index (χ4n) is 9.93. The number of nitrogens with two attached hydrogens (primary N) is 1. The van der Waals surface area contributed by atoms with Crippen LogP contribution in [0.2, 0.25) is 0 Å². The Bertz CT molecular complexity index is 2780. The molecule has 5 aromatic carbocycles. The molecule has 9 rings (SSSR count). The molecule has 3 aliphatic rings. The molecule has 13 nitrogen and oxygen atoms in total. The van der Waals surface area contributed by atoms with E-state index in [9.17, 15) is 18.8 Å². The monoisotopic (exact) mass is 918 g/mol. The fourth-order valence-corrected chi connectivity index (χ4v) is 9.93. The van der Waals surface area contributed by atoms with E-state index in [-0.39, 0.29) is 42.2 Å². The minimum absolute atomic E-state index is 0.0190. The van der Waals surface area contributed by atoms with Gasteiger partial charge < -0.3 is 35.3 Å². The second-order valence-electron chi connectivity index (χ2n) is 18.8. The Morgan fingerprint density at radius 2 is 1.53 bits per heavy atom. The number of aromatic nitrogens is 2. The van der Waals surface area contributed by atoms with Gasteiger partial charge in [-0.15, -0.1) is 0 Å². The van der Waals surface area contributed by atoms with Crippen LogP contribution in [0.3, 0.4) is 0 Å². The average molecular weight is 919 g/mol. The van der Waals surface area contributed by atoms with Crippen LogP contribution in [0.5, 0.6) is 0 Å². The molecule has 0 saturated carbocycles. The second-order valence-corrected chi connectivity index (χ2v) is 18.8. The third-order valence-electron chi connectivity index (χ3n) is 14.1. The van der Waals surface area contributed by atoms with Crippen molar-refractivity contribution in [1.29, 1.82) is 0 Å². The summed E-state index contributed by atoms with van der Waals surface area (Å²) >= 11 is 0. The lowest BCUT2D eigenvalue weighted by Crippen LogP contribution is -2.46. The predicted molar refractivity (Wildman–Crippen MR) is 262 cm³/mol. The van der Waals surface area contributed by atoms with Crippen molar-refractivity contribution in [3.05, 3.63) is 149 Å². The lowest BCUT2D eigenvalue weighted by Gasteiger charge is -2.34. The summed E-state index contributed by atoms with van der Waals surface area (Å²) < 4.78 is 25.3. The van der Waals surface area contributed by atoms with Crippen LogP contribution >= 0.6 is 0 Å². The van der Waals surface area contributed by atoms with Crippen molar-refractivity contribution < 1.29 is 28.2 Å². The molecule has 3 amide bonds. The van der Waals surface area contributed by atoms with Crippen molar-refractivity contribution in [2.24, 2.45) is 16.1 Å². The van der Waals surface area contributed by atoms with Crippen LogP contribution in [0.25, 0.3) is 22.2 Å². The standard InChI is InChI=1S/C54H59FN8O5/c1-5-54(2,3)48(60-52(56)67-4)51(65)62-28-10-16-46(62)49-58-44-27-20-35(30-45(44)59-49)32-61(38-25-21-36(55)22-26-38)31-34-18-23-37(24-19-34)57-50(64)47-17-11-29-63(47)53(66)68-33-43-41-14-8-6-12-39(41)40-13-7-9-15-42(40)43/h6-9,12-15,18-27,30,43,46-48H,5,10-11,16-17,28-29,31-33H2,1-4H3,(H2,56,60)(H,57,64)(H,58,59). The molecular weight excluding hydrogens is 860 g/mol. The number of nitrogens with one attached hydrogen (secondary N) is 2. The quantitative estimate of drug-likeness (QED) is 0.0720. The van der Waals surface area contributed by atoms with Crippen molar-refractivity contribution in [2.75, 3.05) is 37.0 Å². The Kier molecular flexibility index (Phi) is 13.2. The van der Waals surface area contributed by atoms with Gasteiger partial charge in [0, 0.05) is 43.5 Å². The molecule has 6 aromatic rings. The molecule has 2 aliphatic heterocycles. The first-order valence-electron chi connectivity index (χ1n) is 23.6. The van der Waals surface area contributed by atoms with Crippen LogP contribution in [0, 0.1) is 11.2 Å². The van der Waals surface area contributed by atoms with E-state index in [4.69, 9.17) is 20.2 Å². The Balaban J connectivity index is 0.854. The summed E-state index contributed by atoms with van der Waals surface area (Å²) in [4.78, 5) is 59.9. The molecule has 1 aliphatic carbocycles. The summed E-state index contributed by atoms with van der Waals surface area (Å²) in [6.07, 6.45) is 3.09. The average Bonchev–Trinajstić information content (AvgIpc) is 4.18. The first kappa shape index (κ1) is 45.9. The number of amides is 3. The topological polar surface area (TPSA) is 158 Å². The zero-order valence-electron chi connectivity index (χ0n) is 39.1. The number of amidine groups is 1. The fraction of sp³-hybridized carbons (Fsp3) is 0.352. The van der Waals surface area contributed by atoms with Crippen LogP contribution in [-0.4, -0.2) is 82.6 Å². The van der Waals surface area contributed by atoms with Gasteiger partial charge in [0.1, 0.15) is 30.3 Å². The number of halogens is 1. The number of fused-ring (bicyclic) bond motifs is 4. The molecule has 0 spiro atoms. The van der Waals surface area contributed by atoms with Crippen LogP contribution in [0.1, 0.15) is 92.9 Å². The lowest BCUT2D eigenvalue weighted by molar-refractivity contribution is -0.136. The second kappa shape index (κ2) is 19.6. The number of imidazole rings is 1. The molecular formula is C54H59FN8O5. The van der Waals surface area contributed by atoms with Gasteiger partial charge in [-0.3, -0.25) is 14.5 Å². The number of H-pyrrole nitrogens is 1. The van der Waals surface area contributed by atoms with Crippen molar-refractivity contribution >= 4 is 46.3 Å². The molecule has 352 valence electrons. The van der Waals surface area contributed by atoms with Gasteiger partial charge in [-0.1, -0.05) is 87.5 Å². The number of carbonyl (C=O) groups excluding carboxylic acids is 3. The minimum Gasteiger partial charge on any atom is -0.469 e. The molecule has 2 fully saturated rings. The Labute approximate surface area is 396 Å². The number of carbonyl (C=O) groups is 3. The minimum atomic E-state index is -0.705. The van der Waals surface area contributed by atoms with E-state index in [0.717, 1.165) is 75.2 Å². The smallest absolute Gasteiger partial charge is 0.410 e. The highest BCUT2D eigenvalue weighted by Crippen LogP contribution is 2.45. The van der Waals surface area contributed by atoms with E-state index >= 15 is 0 Å². The van der Waals surface area contributed by atoms with Crippen LogP contribution in [0.4, 0.5) is 20.6 Å². The number of benzene rings is 5. The molecule has 0 bridgehead atoms. The Hall–Kier alpha value is -7.22. The van der Waals surface area contributed by atoms with Gasteiger partial charge in [0.05, 0.1) is 24.2 Å². The summed E-state index contributed by atoms with van der Waals surface area (Å²) in [5.74, 6) is -0.0244. The third kappa shape index (κ3) is 9.49. The van der Waals surface area contributed by atoms with Gasteiger partial charge in [-0.2, -0.15) is 0 Å². The summed E-state index contributed by atoms with van der Waals surface area (Å²) in [6.45, 7) is 8.30. The van der Waals surface area contributed by atoms with E-state index in [0.29, 0.717) is 44.7 Å². The number of anilines is 2. The molecule has 14 heteroatoms. The summed E-state index contributed by atoms with van der Waals surface area (Å²) in [5.41, 5.74) is 15.2. The largest absolute Gasteiger partial charge is 0.469 e. The van der Waals surface area contributed by atoms with Gasteiger partial charge in [0.2, 0.25) is 11.8 Å². The van der Waals surface area contributed by atoms with Crippen LogP contribution < -0.4 is 16.0 Å². The number of ether oxygens (including phenoxy) is 2. The highest BCUT2D eigenvalue weighted by Gasteiger charge is 2.42. The number of aromatic amines is 1. The van der Waals surface area contributed by atoms with Crippen molar-refractivity contribution in [1.82, 2.24) is 19.8 Å². The number of rotatable bonds is 14. The van der Waals surface area contributed by atoms with Gasteiger partial charge in [-0.05, 0) is 119 Å². The Morgan fingerprint density at radius 1 is 0.882 bits per heavy atom. The molecule has 0 radical (unpaired) electrons. The first-order chi connectivity index (χ1) is 32.9. The van der Waals surface area contributed by atoms with E-state index in [1.165, 1.54) is 19.2 Å². The lowest BCUT2D eigenvalue weighted by atomic mass is 9.81. The van der Waals surface area contributed by atoms with Crippen LogP contribution in [-0.2, 0) is 32.2 Å². The molecule has 2 saturated heterocycles. The number of methoxy groups -OCH3 is 1. The maximum Gasteiger partial charge on any atom is 0.410 e. The molecule has 3 unspecified atom stereocenters. The molecule has 3 atom stereocenters. The number of nitrogens with zero attached hydrogens (tertiary/aromatic N) is 5. The normalized spacial score (nSPS) is 17.5. The molecule has 3 heterocycles. The highest BCUT2D eigenvalue weighted by molar-refractivity contribution is 5.97.